The van der Waals surface area contributed by atoms with Gasteiger partial charge in [0.15, 0.2) is 0 Å². The topological polar surface area (TPSA) is 37.3 Å². The summed E-state index contributed by atoms with van der Waals surface area (Å²) in [5.74, 6) is -0.981. The van der Waals surface area contributed by atoms with Crippen molar-refractivity contribution in [3.63, 3.8) is 0 Å². The molecule has 0 heterocycles. The van der Waals surface area contributed by atoms with Crippen molar-refractivity contribution in [1.29, 1.82) is 0 Å². The summed E-state index contributed by atoms with van der Waals surface area (Å²) in [6, 6.07) is 0. The minimum Gasteiger partial charge on any atom is -1.00 e. The molecule has 0 saturated carbocycles. The van der Waals surface area contributed by atoms with E-state index in [-0.39, 0.29) is 31.0 Å². The van der Waals surface area contributed by atoms with Gasteiger partial charge in [0.1, 0.15) is 0 Å². The maximum Gasteiger partial charge on any atom is 1.00 e. The first-order chi connectivity index (χ1) is 3.27. The molecule has 0 amide bonds. The van der Waals surface area contributed by atoms with Crippen LogP contribution in [0.3, 0.4) is 0 Å². The monoisotopic (exact) mass is 124 g/mol. The van der Waals surface area contributed by atoms with Gasteiger partial charge in [0.25, 0.3) is 0 Å². The molecule has 8 heavy (non-hydrogen) atoms. The largest absolute Gasteiger partial charge is 1.00 e. The maximum atomic E-state index is 9.25. The minimum atomic E-state index is -0.981. The Morgan fingerprint density at radius 3 is 1.75 bits per heavy atom. The van der Waals surface area contributed by atoms with E-state index in [1.54, 1.807) is 0 Å². The maximum absolute atomic E-state index is 9.25. The van der Waals surface area contributed by atoms with Crippen LogP contribution in [0.1, 0.15) is 1.43 Å². The normalized spacial score (nSPS) is 4.50. The number of hydrogen-bond donors (Lipinski definition) is 1. The molecule has 0 atom stereocenters. The van der Waals surface area contributed by atoms with E-state index < -0.39 is 5.97 Å². The van der Waals surface area contributed by atoms with Crippen LogP contribution in [-0.2, 0) is 4.79 Å². The zero-order chi connectivity index (χ0) is 6.28. The van der Waals surface area contributed by atoms with Crippen molar-refractivity contribution in [2.45, 2.75) is 0 Å². The van der Waals surface area contributed by atoms with Crippen molar-refractivity contribution < 1.29 is 40.9 Å². The Morgan fingerprint density at radius 1 is 1.62 bits per heavy atom. The minimum absolute atomic E-state index is 0. The molecular weight excluding hydrogens is 115 g/mol. The van der Waals surface area contributed by atoms with Crippen LogP contribution < -0.4 is 29.6 Å². The molecule has 0 aliphatic rings. The first-order valence-electron chi connectivity index (χ1n) is 1.62. The third kappa shape index (κ3) is 38.3. The fourth-order valence-corrected chi connectivity index (χ4v) is 0. The summed E-state index contributed by atoms with van der Waals surface area (Å²) >= 11 is 0. The van der Waals surface area contributed by atoms with Crippen LogP contribution >= 0.6 is 0 Å². The quantitative estimate of drug-likeness (QED) is 0.254. The molecule has 0 aromatic heterocycles. The molecule has 0 unspecified atom stereocenters. The van der Waals surface area contributed by atoms with E-state index in [0.29, 0.717) is 0 Å². The second-order valence-electron chi connectivity index (χ2n) is 0.542. The third-order valence-corrected chi connectivity index (χ3v) is 0.175. The summed E-state index contributed by atoms with van der Waals surface area (Å²) in [7, 11) is 0. The summed E-state index contributed by atoms with van der Waals surface area (Å²) in [6.07, 6.45) is 0.833. The molecule has 42 valence electrons. The summed E-state index contributed by atoms with van der Waals surface area (Å²) in [4.78, 5) is 9.25. The van der Waals surface area contributed by atoms with Gasteiger partial charge in [-0.3, -0.25) is 0 Å². The Hall–Kier alpha value is -0.0500. The van der Waals surface area contributed by atoms with Crippen LogP contribution in [0, 0.1) is 0 Å². The number of rotatable bonds is 1. The fraction of sp³-hybridized carbons (Fsp3) is 0. The Labute approximate surface area is 72.7 Å². The van der Waals surface area contributed by atoms with Crippen LogP contribution in [0.15, 0.2) is 25.8 Å². The Bertz CT molecular complexity index is 75.4. The first-order valence-corrected chi connectivity index (χ1v) is 1.62. The molecule has 0 saturated heterocycles. The molecule has 0 bridgehead atoms. The van der Waals surface area contributed by atoms with E-state index in [2.05, 4.69) is 19.7 Å². The first kappa shape index (κ1) is 15.7. The second kappa shape index (κ2) is 15.8. The zero-order valence-corrected chi connectivity index (χ0v) is 7.05. The van der Waals surface area contributed by atoms with Crippen LogP contribution in [0.5, 0.6) is 0 Å². The summed E-state index contributed by atoms with van der Waals surface area (Å²) in [5.41, 5.74) is 0. The van der Waals surface area contributed by atoms with Crippen molar-refractivity contribution in [3.05, 3.63) is 25.8 Å². The van der Waals surface area contributed by atoms with Gasteiger partial charge in [0.2, 0.25) is 0 Å². The number of aliphatic carboxylic acids is 1. The van der Waals surface area contributed by atoms with Crippen LogP contribution in [0.4, 0.5) is 0 Å². The average Bonchev–Trinajstić information content (AvgIpc) is 1.73. The Balaban J connectivity index is -0.0000000286. The van der Waals surface area contributed by atoms with Gasteiger partial charge in [-0.1, -0.05) is 6.58 Å². The second-order valence-corrected chi connectivity index (χ2v) is 0.542. The third-order valence-electron chi connectivity index (χ3n) is 0.175. The van der Waals surface area contributed by atoms with Gasteiger partial charge in [0.05, 0.1) is 0 Å². The number of carboxylic acid groups (broad SMARTS) is 1. The number of carboxylic acids is 1. The van der Waals surface area contributed by atoms with Crippen molar-refractivity contribution in [3.8, 4) is 0 Å². The molecule has 0 fully saturated rings. The van der Waals surface area contributed by atoms with Crippen LogP contribution in [-0.4, -0.2) is 11.1 Å². The van der Waals surface area contributed by atoms with E-state index in [1.807, 2.05) is 0 Å². The molecule has 0 aromatic rings. The summed E-state index contributed by atoms with van der Waals surface area (Å²) in [6.45, 7) is 8.96. The van der Waals surface area contributed by atoms with Gasteiger partial charge in [-0.25, -0.2) is 4.79 Å². The van der Waals surface area contributed by atoms with Gasteiger partial charge in [-0.05, 0) is 0 Å². The molecule has 0 spiro atoms. The predicted molar refractivity (Wildman–Crippen MR) is 30.2 cm³/mol. The number of carbonyl (C=O) groups is 1. The average molecular weight is 124 g/mol. The molecule has 0 aliphatic carbocycles. The summed E-state index contributed by atoms with van der Waals surface area (Å²) < 4.78 is 0. The van der Waals surface area contributed by atoms with Crippen molar-refractivity contribution in [1.82, 2.24) is 0 Å². The van der Waals surface area contributed by atoms with Crippen molar-refractivity contribution in [2.24, 2.45) is 0 Å². The van der Waals surface area contributed by atoms with Crippen LogP contribution in [0.25, 0.3) is 0 Å². The van der Waals surface area contributed by atoms with E-state index in [0.717, 1.165) is 6.08 Å². The van der Waals surface area contributed by atoms with Crippen LogP contribution in [0.2, 0.25) is 0 Å². The van der Waals surface area contributed by atoms with Gasteiger partial charge >= 0.3 is 35.5 Å². The van der Waals surface area contributed by atoms with Crippen molar-refractivity contribution in [2.75, 3.05) is 0 Å². The molecule has 0 aliphatic heterocycles. The molecule has 0 rings (SSSR count). The SMILES string of the molecule is C=C.C=CC(=O)O.[H-].[Na+]. The molecule has 3 heteroatoms. The van der Waals surface area contributed by atoms with Gasteiger partial charge in [-0.15, -0.1) is 13.2 Å². The molecule has 2 nitrogen and oxygen atoms in total. The molecular formula is C5H9NaO2. The smallest absolute Gasteiger partial charge is 1.00 e. The zero-order valence-electron chi connectivity index (χ0n) is 6.05. The summed E-state index contributed by atoms with van der Waals surface area (Å²) in [5, 5.41) is 7.60. The van der Waals surface area contributed by atoms with Crippen molar-refractivity contribution >= 4 is 5.97 Å². The Kier molecular flexibility index (Phi) is 30.9. The number of hydrogen-bond acceptors (Lipinski definition) is 1. The van der Waals surface area contributed by atoms with Gasteiger partial charge in [-0.2, -0.15) is 0 Å². The van der Waals surface area contributed by atoms with Gasteiger partial charge < -0.3 is 6.53 Å². The standard InChI is InChI=1S/C3H4O2.C2H4.Na.H/c1-2-3(4)5;1-2;;/h2H,1H2,(H,4,5);1-2H2;;/q;;+1;-1. The Morgan fingerprint density at radius 2 is 1.75 bits per heavy atom. The fourth-order valence-electron chi connectivity index (χ4n) is 0. The molecule has 1 N–H and O–H groups in total. The molecule has 0 aromatic carbocycles. The van der Waals surface area contributed by atoms with Gasteiger partial charge in [0, 0.05) is 6.08 Å². The van der Waals surface area contributed by atoms with E-state index in [1.165, 1.54) is 0 Å². The van der Waals surface area contributed by atoms with E-state index in [4.69, 9.17) is 5.11 Å². The molecule has 0 radical (unpaired) electrons. The van der Waals surface area contributed by atoms with E-state index >= 15 is 0 Å². The predicted octanol–water partition coefficient (Wildman–Crippen LogP) is -1.82. The van der Waals surface area contributed by atoms with E-state index in [9.17, 15) is 4.79 Å².